The van der Waals surface area contributed by atoms with E-state index in [2.05, 4.69) is 23.5 Å². The van der Waals surface area contributed by atoms with Crippen molar-refractivity contribution in [1.29, 1.82) is 0 Å². The highest BCUT2D eigenvalue weighted by molar-refractivity contribution is 7.99. The largest absolute Gasteiger partial charge is 0.467 e. The molecule has 1 atom stereocenters. The fourth-order valence-corrected chi connectivity index (χ4v) is 5.65. The second kappa shape index (κ2) is 14.8. The second-order valence-corrected chi connectivity index (χ2v) is 12.3. The van der Waals surface area contributed by atoms with Crippen molar-refractivity contribution >= 4 is 29.5 Å². The van der Waals surface area contributed by atoms with Gasteiger partial charge in [0.1, 0.15) is 11.4 Å². The Hall–Kier alpha value is -2.71. The van der Waals surface area contributed by atoms with Crippen molar-refractivity contribution in [2.75, 3.05) is 20.5 Å². The normalized spacial score (nSPS) is 13.0. The van der Waals surface area contributed by atoms with E-state index >= 15 is 0 Å². The molecule has 0 saturated heterocycles. The van der Waals surface area contributed by atoms with Gasteiger partial charge >= 0.3 is 6.09 Å². The first-order chi connectivity index (χ1) is 19.1. The van der Waals surface area contributed by atoms with Crippen molar-refractivity contribution in [3.63, 3.8) is 0 Å². The molecular formula is C32H40ClNO5S. The van der Waals surface area contributed by atoms with Crippen molar-refractivity contribution in [3.05, 3.63) is 77.3 Å². The zero-order valence-corrected chi connectivity index (χ0v) is 25.5. The number of halogens is 1. The standard InChI is InChI=1S/C32H40ClNO5S/c1-6-17-32(21-35,34-30(36)39-31(2,3)4)18-16-24-12-13-26(20-28(24)33)40-25-14-15-29(38-22-37-5)27(19-25)23-10-8-7-9-11-23/h7-15,19-20,35H,6,16-18,21-22H2,1-5H3,(H,34,36)/t32-/m0/s1. The van der Waals surface area contributed by atoms with Crippen LogP contribution >= 0.6 is 23.4 Å². The maximum absolute atomic E-state index is 12.5. The van der Waals surface area contributed by atoms with Gasteiger partial charge in [0.2, 0.25) is 0 Å². The van der Waals surface area contributed by atoms with E-state index in [9.17, 15) is 9.90 Å². The number of aliphatic hydroxyl groups excluding tert-OH is 1. The predicted molar refractivity (Wildman–Crippen MR) is 162 cm³/mol. The first-order valence-corrected chi connectivity index (χ1v) is 14.7. The van der Waals surface area contributed by atoms with Gasteiger partial charge in [-0.2, -0.15) is 0 Å². The summed E-state index contributed by atoms with van der Waals surface area (Å²) in [6, 6.07) is 22.2. The summed E-state index contributed by atoms with van der Waals surface area (Å²) in [7, 11) is 1.60. The minimum atomic E-state index is -0.783. The molecule has 40 heavy (non-hydrogen) atoms. The molecule has 0 aliphatic heterocycles. The van der Waals surface area contributed by atoms with Crippen LogP contribution < -0.4 is 10.1 Å². The molecule has 6 nitrogen and oxygen atoms in total. The number of carbonyl (C=O) groups excluding carboxylic acids is 1. The minimum absolute atomic E-state index is 0.173. The molecule has 3 aromatic rings. The quantitative estimate of drug-likeness (QED) is 0.197. The molecule has 8 heteroatoms. The Labute approximate surface area is 247 Å². The monoisotopic (exact) mass is 585 g/mol. The van der Waals surface area contributed by atoms with Crippen molar-refractivity contribution in [2.24, 2.45) is 0 Å². The van der Waals surface area contributed by atoms with E-state index in [4.69, 9.17) is 25.8 Å². The highest BCUT2D eigenvalue weighted by atomic mass is 35.5. The van der Waals surface area contributed by atoms with Crippen LogP contribution in [0.4, 0.5) is 4.79 Å². The van der Waals surface area contributed by atoms with Crippen LogP contribution in [0.2, 0.25) is 5.02 Å². The third kappa shape index (κ3) is 9.44. The summed E-state index contributed by atoms with van der Waals surface area (Å²) in [5, 5.41) is 13.8. The van der Waals surface area contributed by atoms with E-state index in [0.717, 1.165) is 38.7 Å². The van der Waals surface area contributed by atoms with Crippen molar-refractivity contribution in [1.82, 2.24) is 5.32 Å². The van der Waals surface area contributed by atoms with Crippen LogP contribution in [0.25, 0.3) is 11.1 Å². The number of alkyl carbamates (subject to hydrolysis) is 1. The van der Waals surface area contributed by atoms with E-state index < -0.39 is 17.2 Å². The fourth-order valence-electron chi connectivity index (χ4n) is 4.41. The Morgan fingerprint density at radius 2 is 1.70 bits per heavy atom. The first-order valence-electron chi connectivity index (χ1n) is 13.5. The molecule has 0 fully saturated rings. The summed E-state index contributed by atoms with van der Waals surface area (Å²) in [5.41, 5.74) is 1.60. The van der Waals surface area contributed by atoms with Crippen LogP contribution in [0.1, 0.15) is 52.5 Å². The maximum atomic E-state index is 12.5. The number of aryl methyl sites for hydroxylation is 1. The van der Waals surface area contributed by atoms with Gasteiger partial charge in [-0.15, -0.1) is 0 Å². The molecule has 3 rings (SSSR count). The molecule has 0 heterocycles. The number of aliphatic hydroxyl groups is 1. The third-order valence-electron chi connectivity index (χ3n) is 6.30. The van der Waals surface area contributed by atoms with Gasteiger partial charge in [0.25, 0.3) is 0 Å². The number of amides is 1. The highest BCUT2D eigenvalue weighted by Gasteiger charge is 2.32. The summed E-state index contributed by atoms with van der Waals surface area (Å²) in [4.78, 5) is 14.6. The van der Waals surface area contributed by atoms with Crippen LogP contribution in [0.3, 0.4) is 0 Å². The van der Waals surface area contributed by atoms with Crippen molar-refractivity contribution < 1.29 is 24.1 Å². The summed E-state index contributed by atoms with van der Waals surface area (Å²) in [5.74, 6) is 0.755. The number of benzene rings is 3. The smallest absolute Gasteiger partial charge is 0.408 e. The third-order valence-corrected chi connectivity index (χ3v) is 7.63. The Bertz CT molecular complexity index is 1250. The Kier molecular flexibility index (Phi) is 11.8. The van der Waals surface area contributed by atoms with E-state index in [1.807, 2.05) is 76.2 Å². The average Bonchev–Trinajstić information content (AvgIpc) is 2.91. The molecule has 0 aliphatic carbocycles. The van der Waals surface area contributed by atoms with Gasteiger partial charge in [0.05, 0.1) is 12.1 Å². The van der Waals surface area contributed by atoms with Gasteiger partial charge in [-0.05, 0) is 81.5 Å². The molecule has 0 bridgehead atoms. The number of ether oxygens (including phenoxy) is 3. The number of methoxy groups -OCH3 is 1. The lowest BCUT2D eigenvalue weighted by Gasteiger charge is -2.34. The minimum Gasteiger partial charge on any atom is -0.467 e. The van der Waals surface area contributed by atoms with Gasteiger partial charge < -0.3 is 24.6 Å². The molecule has 0 aliphatic rings. The molecule has 0 saturated carbocycles. The molecular weight excluding hydrogens is 546 g/mol. The van der Waals surface area contributed by atoms with Gasteiger partial charge in [0.15, 0.2) is 6.79 Å². The lowest BCUT2D eigenvalue weighted by atomic mass is 9.87. The first kappa shape index (κ1) is 31.8. The van der Waals surface area contributed by atoms with E-state index in [1.165, 1.54) is 0 Å². The van der Waals surface area contributed by atoms with Gasteiger partial charge in [-0.1, -0.05) is 73.1 Å². The maximum Gasteiger partial charge on any atom is 0.408 e. The van der Waals surface area contributed by atoms with Crippen LogP contribution in [-0.4, -0.2) is 42.8 Å². The topological polar surface area (TPSA) is 77.0 Å². The number of rotatable bonds is 13. The summed E-state index contributed by atoms with van der Waals surface area (Å²) in [6.07, 6.45) is 2.04. The Balaban J connectivity index is 1.75. The molecule has 0 unspecified atom stereocenters. The fraction of sp³-hybridized carbons (Fsp3) is 0.406. The molecule has 216 valence electrons. The molecule has 2 N–H and O–H groups in total. The molecule has 0 aromatic heterocycles. The second-order valence-electron chi connectivity index (χ2n) is 10.7. The number of hydrogen-bond donors (Lipinski definition) is 2. The van der Waals surface area contributed by atoms with Gasteiger partial charge in [-0.3, -0.25) is 0 Å². The van der Waals surface area contributed by atoms with E-state index in [-0.39, 0.29) is 13.4 Å². The molecule has 0 spiro atoms. The van der Waals surface area contributed by atoms with Crippen molar-refractivity contribution in [2.45, 2.75) is 74.3 Å². The molecule has 1 amide bonds. The Morgan fingerprint density at radius 1 is 1.00 bits per heavy atom. The number of hydrogen-bond acceptors (Lipinski definition) is 6. The lowest BCUT2D eigenvalue weighted by molar-refractivity contribution is 0.0373. The van der Waals surface area contributed by atoms with Crippen LogP contribution in [0.15, 0.2) is 76.5 Å². The Morgan fingerprint density at radius 3 is 2.33 bits per heavy atom. The molecule has 0 radical (unpaired) electrons. The highest BCUT2D eigenvalue weighted by Crippen LogP contribution is 2.38. The summed E-state index contributed by atoms with van der Waals surface area (Å²) in [6.45, 7) is 7.47. The van der Waals surface area contributed by atoms with Crippen LogP contribution in [-0.2, 0) is 15.9 Å². The summed E-state index contributed by atoms with van der Waals surface area (Å²) < 4.78 is 16.4. The van der Waals surface area contributed by atoms with E-state index in [0.29, 0.717) is 24.3 Å². The SMILES string of the molecule is CCC[C@@](CO)(CCc1ccc(Sc2ccc(OCOC)c(-c3ccccc3)c2)cc1Cl)NC(=O)OC(C)(C)C. The molecule has 3 aromatic carbocycles. The predicted octanol–water partition coefficient (Wildman–Crippen LogP) is 8.13. The average molecular weight is 586 g/mol. The zero-order chi connectivity index (χ0) is 29.2. The van der Waals surface area contributed by atoms with Gasteiger partial charge in [-0.25, -0.2) is 4.79 Å². The lowest BCUT2D eigenvalue weighted by Crippen LogP contribution is -2.53. The van der Waals surface area contributed by atoms with Crippen LogP contribution in [0.5, 0.6) is 5.75 Å². The zero-order valence-electron chi connectivity index (χ0n) is 24.0. The van der Waals surface area contributed by atoms with Crippen LogP contribution in [0, 0.1) is 0 Å². The summed E-state index contributed by atoms with van der Waals surface area (Å²) >= 11 is 8.34. The van der Waals surface area contributed by atoms with E-state index in [1.54, 1.807) is 18.9 Å². The number of carbonyl (C=O) groups is 1. The number of nitrogens with one attached hydrogen (secondary N) is 1. The van der Waals surface area contributed by atoms with Crippen molar-refractivity contribution in [3.8, 4) is 16.9 Å². The van der Waals surface area contributed by atoms with Gasteiger partial charge in [0, 0.05) is 27.5 Å².